The summed E-state index contributed by atoms with van der Waals surface area (Å²) in [6, 6.07) is 11.3. The van der Waals surface area contributed by atoms with Crippen molar-refractivity contribution in [3.05, 3.63) is 89.4 Å². The first-order valence-electron chi connectivity index (χ1n) is 11.6. The Balaban J connectivity index is 1.40. The number of benzene rings is 2. The molecule has 0 saturated carbocycles. The molecule has 2 N–H and O–H groups in total. The van der Waals surface area contributed by atoms with Crippen LogP contribution >= 0.6 is 11.6 Å². The van der Waals surface area contributed by atoms with Crippen LogP contribution in [0.4, 0.5) is 35.2 Å². The summed E-state index contributed by atoms with van der Waals surface area (Å²) in [5.41, 5.74) is 0.672. The number of alkyl halides is 3. The van der Waals surface area contributed by atoms with E-state index in [2.05, 4.69) is 27.2 Å². The number of halogens is 4. The molecule has 2 heterocycles. The highest BCUT2D eigenvalue weighted by Gasteiger charge is 2.31. The summed E-state index contributed by atoms with van der Waals surface area (Å²) in [5, 5.41) is 5.65. The number of carbonyl (C=O) groups is 2. The molecule has 2 aromatic carbocycles. The molecule has 8 nitrogen and oxygen atoms in total. The molecular weight excluding hydrogens is 521 g/mol. The van der Waals surface area contributed by atoms with Crippen LogP contribution in [0.3, 0.4) is 0 Å². The van der Waals surface area contributed by atoms with E-state index in [0.29, 0.717) is 55.0 Å². The fourth-order valence-electron chi connectivity index (χ4n) is 3.95. The van der Waals surface area contributed by atoms with Crippen LogP contribution in [0.2, 0.25) is 5.02 Å². The smallest absolute Gasteiger partial charge is 0.352 e. The van der Waals surface area contributed by atoms with Crippen molar-refractivity contribution in [3.63, 3.8) is 0 Å². The van der Waals surface area contributed by atoms with Crippen molar-refractivity contribution in [3.8, 4) is 0 Å². The number of piperazine rings is 1. The van der Waals surface area contributed by atoms with E-state index in [-0.39, 0.29) is 11.6 Å². The standard InChI is InChI=1S/C26H24ClF3N6O2/c1-2-23(37)33-21-9-4-3-6-17(21)14-22-31-16-20(27)24(34-22)35-10-12-36(13-11-35)25(38)32-19-8-5-7-18(15-19)26(28,29)30/h2-9,15-16H,1,10-14H2,(H,32,38)(H,33,37). The lowest BCUT2D eigenvalue weighted by Gasteiger charge is -2.35. The van der Waals surface area contributed by atoms with Crippen molar-refractivity contribution in [1.29, 1.82) is 0 Å². The van der Waals surface area contributed by atoms with Crippen LogP contribution in [-0.2, 0) is 17.4 Å². The first kappa shape index (κ1) is 26.9. The van der Waals surface area contributed by atoms with Gasteiger partial charge in [0.15, 0.2) is 5.82 Å². The number of nitrogens with one attached hydrogen (secondary N) is 2. The van der Waals surface area contributed by atoms with E-state index in [1.165, 1.54) is 29.3 Å². The van der Waals surface area contributed by atoms with Gasteiger partial charge in [0.05, 0.1) is 11.8 Å². The number of para-hydroxylation sites is 1. The molecule has 3 aromatic rings. The normalized spacial score (nSPS) is 13.7. The Morgan fingerprint density at radius 2 is 1.79 bits per heavy atom. The van der Waals surface area contributed by atoms with Crippen molar-refractivity contribution in [2.45, 2.75) is 12.6 Å². The molecule has 1 fully saturated rings. The number of hydrogen-bond donors (Lipinski definition) is 2. The van der Waals surface area contributed by atoms with Gasteiger partial charge in [0.1, 0.15) is 10.8 Å². The van der Waals surface area contributed by atoms with E-state index in [9.17, 15) is 22.8 Å². The SMILES string of the molecule is C=CC(=O)Nc1ccccc1Cc1ncc(Cl)c(N2CCN(C(=O)Nc3cccc(C(F)(F)F)c3)CC2)n1. The second-order valence-corrected chi connectivity index (χ2v) is 8.88. The van der Waals surface area contributed by atoms with Gasteiger partial charge < -0.3 is 20.4 Å². The summed E-state index contributed by atoms with van der Waals surface area (Å²) >= 11 is 6.39. The summed E-state index contributed by atoms with van der Waals surface area (Å²) in [5.74, 6) is 0.682. The topological polar surface area (TPSA) is 90.5 Å². The van der Waals surface area contributed by atoms with Crippen LogP contribution < -0.4 is 15.5 Å². The Hall–Kier alpha value is -4.12. The lowest BCUT2D eigenvalue weighted by atomic mass is 10.1. The molecule has 0 radical (unpaired) electrons. The summed E-state index contributed by atoms with van der Waals surface area (Å²) < 4.78 is 38.9. The predicted molar refractivity (Wildman–Crippen MR) is 139 cm³/mol. The van der Waals surface area contributed by atoms with Crippen molar-refractivity contribution in [1.82, 2.24) is 14.9 Å². The highest BCUT2D eigenvalue weighted by Crippen LogP contribution is 2.31. The van der Waals surface area contributed by atoms with Crippen molar-refractivity contribution >= 4 is 40.7 Å². The second-order valence-electron chi connectivity index (χ2n) is 8.47. The van der Waals surface area contributed by atoms with Gasteiger partial charge in [-0.15, -0.1) is 0 Å². The lowest BCUT2D eigenvalue weighted by Crippen LogP contribution is -2.50. The van der Waals surface area contributed by atoms with Gasteiger partial charge in [0.2, 0.25) is 5.91 Å². The maximum absolute atomic E-state index is 13.0. The molecule has 12 heteroatoms. The quantitative estimate of drug-likeness (QED) is 0.415. The minimum atomic E-state index is -4.50. The molecule has 198 valence electrons. The Kier molecular flexibility index (Phi) is 8.16. The summed E-state index contributed by atoms with van der Waals surface area (Å²) in [4.78, 5) is 36.8. The minimum Gasteiger partial charge on any atom is -0.352 e. The van der Waals surface area contributed by atoms with Gasteiger partial charge >= 0.3 is 12.2 Å². The van der Waals surface area contributed by atoms with Crippen LogP contribution in [0.15, 0.2) is 67.4 Å². The molecule has 1 aromatic heterocycles. The molecule has 4 rings (SSSR count). The number of nitrogens with zero attached hydrogens (tertiary/aromatic N) is 4. The summed E-state index contributed by atoms with van der Waals surface area (Å²) in [7, 11) is 0. The van der Waals surface area contributed by atoms with E-state index in [4.69, 9.17) is 11.6 Å². The third-order valence-corrected chi connectivity index (χ3v) is 6.16. The number of rotatable bonds is 6. The zero-order chi connectivity index (χ0) is 27.3. The third kappa shape index (κ3) is 6.60. The van der Waals surface area contributed by atoms with Gasteiger partial charge in [-0.3, -0.25) is 4.79 Å². The van der Waals surface area contributed by atoms with Crippen molar-refractivity contribution in [2.75, 3.05) is 41.7 Å². The number of hydrogen-bond acceptors (Lipinski definition) is 5. The van der Waals surface area contributed by atoms with Crippen molar-refractivity contribution < 1.29 is 22.8 Å². The molecule has 38 heavy (non-hydrogen) atoms. The monoisotopic (exact) mass is 544 g/mol. The number of aromatic nitrogens is 2. The van der Waals surface area contributed by atoms with Gasteiger partial charge in [0, 0.05) is 44.0 Å². The zero-order valence-electron chi connectivity index (χ0n) is 20.1. The van der Waals surface area contributed by atoms with Gasteiger partial charge in [-0.05, 0) is 35.9 Å². The average Bonchev–Trinajstić information content (AvgIpc) is 2.90. The molecule has 1 saturated heterocycles. The largest absolute Gasteiger partial charge is 0.416 e. The van der Waals surface area contributed by atoms with Crippen molar-refractivity contribution in [2.24, 2.45) is 0 Å². The van der Waals surface area contributed by atoms with Gasteiger partial charge in [-0.25, -0.2) is 14.8 Å². The molecule has 3 amide bonds. The number of anilines is 3. The molecular formula is C26H24ClF3N6O2. The van der Waals surface area contributed by atoms with Crippen LogP contribution in [-0.4, -0.2) is 53.0 Å². The first-order valence-corrected chi connectivity index (χ1v) is 12.0. The zero-order valence-corrected chi connectivity index (χ0v) is 20.9. The van der Waals surface area contributed by atoms with E-state index in [0.717, 1.165) is 17.7 Å². The molecule has 0 atom stereocenters. The van der Waals surface area contributed by atoms with Gasteiger partial charge in [-0.1, -0.05) is 42.4 Å². The van der Waals surface area contributed by atoms with E-state index < -0.39 is 17.8 Å². The van der Waals surface area contributed by atoms with E-state index in [1.54, 1.807) is 12.1 Å². The fraction of sp³-hybridized carbons (Fsp3) is 0.231. The molecule has 0 aliphatic carbocycles. The van der Waals surface area contributed by atoms with Crippen LogP contribution in [0.5, 0.6) is 0 Å². The second kappa shape index (κ2) is 11.5. The van der Waals surface area contributed by atoms with E-state index >= 15 is 0 Å². The molecule has 0 spiro atoms. The predicted octanol–water partition coefficient (Wildman–Crippen LogP) is 5.22. The number of amides is 3. The first-order chi connectivity index (χ1) is 18.1. The minimum absolute atomic E-state index is 0.0697. The molecule has 1 aliphatic rings. The molecule has 0 bridgehead atoms. The fourth-order valence-corrected chi connectivity index (χ4v) is 4.16. The highest BCUT2D eigenvalue weighted by atomic mass is 35.5. The maximum Gasteiger partial charge on any atom is 0.416 e. The van der Waals surface area contributed by atoms with Crippen LogP contribution in [0, 0.1) is 0 Å². The Bertz CT molecular complexity index is 1340. The van der Waals surface area contributed by atoms with Gasteiger partial charge in [-0.2, -0.15) is 13.2 Å². The number of urea groups is 1. The third-order valence-electron chi connectivity index (χ3n) is 5.89. The van der Waals surface area contributed by atoms with E-state index in [1.807, 2.05) is 17.0 Å². The Labute approximate surface area is 222 Å². The average molecular weight is 545 g/mol. The summed E-state index contributed by atoms with van der Waals surface area (Å²) in [6.45, 7) is 4.93. The molecule has 1 aliphatic heterocycles. The molecule has 0 unspecified atom stereocenters. The Morgan fingerprint density at radius 1 is 1.05 bits per heavy atom. The van der Waals surface area contributed by atoms with Crippen LogP contribution in [0.1, 0.15) is 17.0 Å². The highest BCUT2D eigenvalue weighted by molar-refractivity contribution is 6.32. The lowest BCUT2D eigenvalue weighted by molar-refractivity contribution is -0.137. The van der Waals surface area contributed by atoms with Gasteiger partial charge in [0.25, 0.3) is 0 Å². The van der Waals surface area contributed by atoms with Crippen LogP contribution in [0.25, 0.3) is 0 Å². The maximum atomic E-state index is 13.0. The number of carbonyl (C=O) groups excluding carboxylic acids is 2. The Morgan fingerprint density at radius 3 is 2.50 bits per heavy atom. The summed E-state index contributed by atoms with van der Waals surface area (Å²) in [6.07, 6.45) is -1.45.